The molecule has 1 unspecified atom stereocenters. The number of halogens is 2. The Bertz CT molecular complexity index is 553. The van der Waals surface area contributed by atoms with Crippen molar-refractivity contribution in [3.63, 3.8) is 0 Å². The second-order valence-electron chi connectivity index (χ2n) is 4.67. The summed E-state index contributed by atoms with van der Waals surface area (Å²) in [5, 5.41) is 9.91. The van der Waals surface area contributed by atoms with Gasteiger partial charge >= 0.3 is 0 Å². The molecular weight excluding hydrogens is 309 g/mol. The van der Waals surface area contributed by atoms with Crippen molar-refractivity contribution in [1.29, 1.82) is 0 Å². The molecule has 19 heavy (non-hydrogen) atoms. The maximum Gasteiger partial charge on any atom is 0.137 e. The monoisotopic (exact) mass is 325 g/mol. The van der Waals surface area contributed by atoms with E-state index in [0.29, 0.717) is 11.0 Å². The minimum Gasteiger partial charge on any atom is -0.388 e. The molecule has 0 bridgehead atoms. The molecule has 0 radical (unpaired) electrons. The van der Waals surface area contributed by atoms with Crippen molar-refractivity contribution in [3.8, 4) is 0 Å². The van der Waals surface area contributed by atoms with Gasteiger partial charge in [0.15, 0.2) is 0 Å². The maximum atomic E-state index is 13.1. The van der Waals surface area contributed by atoms with E-state index in [4.69, 9.17) is 0 Å². The van der Waals surface area contributed by atoms with Crippen molar-refractivity contribution in [2.24, 2.45) is 0 Å². The third kappa shape index (κ3) is 3.67. The van der Waals surface area contributed by atoms with E-state index in [-0.39, 0.29) is 5.82 Å². The van der Waals surface area contributed by atoms with Crippen LogP contribution in [0.15, 0.2) is 41.1 Å². The molecule has 0 aliphatic rings. The molecule has 2 rings (SSSR count). The maximum absolute atomic E-state index is 13.1. The Morgan fingerprint density at radius 2 is 2.16 bits per heavy atom. The fourth-order valence-electron chi connectivity index (χ4n) is 2.04. The lowest BCUT2D eigenvalue weighted by Crippen LogP contribution is -1.98. The van der Waals surface area contributed by atoms with E-state index in [2.05, 4.69) is 22.9 Å². The summed E-state index contributed by atoms with van der Waals surface area (Å²) in [5.41, 5.74) is 1.95. The lowest BCUT2D eigenvalue weighted by molar-refractivity contribution is 0.166. The normalized spacial score (nSPS) is 12.6. The second kappa shape index (κ2) is 6.35. The molecule has 1 aromatic carbocycles. The van der Waals surface area contributed by atoms with E-state index in [1.165, 1.54) is 6.07 Å². The first-order chi connectivity index (χ1) is 9.10. The zero-order chi connectivity index (χ0) is 13.8. The van der Waals surface area contributed by atoms with Crippen molar-refractivity contribution in [2.45, 2.75) is 32.4 Å². The molecular formula is C15H17BrFNO. The highest BCUT2D eigenvalue weighted by Gasteiger charge is 2.08. The molecule has 1 N–H and O–H groups in total. The van der Waals surface area contributed by atoms with Gasteiger partial charge < -0.3 is 9.67 Å². The van der Waals surface area contributed by atoms with Crippen LogP contribution < -0.4 is 0 Å². The Kier molecular flexibility index (Phi) is 4.77. The van der Waals surface area contributed by atoms with Gasteiger partial charge in [-0.1, -0.05) is 19.4 Å². The standard InChI is InChI=1S/C15H17BrFNO/c1-2-3-15(19)12-6-7-18(10-12)9-11-4-5-14(17)13(16)8-11/h4-8,10,15,19H,2-3,9H2,1H3. The summed E-state index contributed by atoms with van der Waals surface area (Å²) in [6, 6.07) is 6.92. The van der Waals surface area contributed by atoms with Gasteiger partial charge in [0, 0.05) is 18.9 Å². The fraction of sp³-hybridized carbons (Fsp3) is 0.333. The van der Waals surface area contributed by atoms with Gasteiger partial charge in [-0.3, -0.25) is 0 Å². The summed E-state index contributed by atoms with van der Waals surface area (Å²) < 4.78 is 15.6. The Balaban J connectivity index is 2.09. The highest BCUT2D eigenvalue weighted by molar-refractivity contribution is 9.10. The van der Waals surface area contributed by atoms with Crippen LogP contribution >= 0.6 is 15.9 Å². The minimum absolute atomic E-state index is 0.254. The number of rotatable bonds is 5. The zero-order valence-electron chi connectivity index (χ0n) is 10.8. The predicted octanol–water partition coefficient (Wildman–Crippen LogP) is 4.27. The van der Waals surface area contributed by atoms with E-state index in [1.807, 2.05) is 23.0 Å². The molecule has 2 nitrogen and oxygen atoms in total. The van der Waals surface area contributed by atoms with Crippen LogP contribution in [0.1, 0.15) is 37.0 Å². The molecule has 0 amide bonds. The van der Waals surface area contributed by atoms with Crippen molar-refractivity contribution >= 4 is 15.9 Å². The molecule has 0 spiro atoms. The Labute approximate surface area is 121 Å². The van der Waals surface area contributed by atoms with Crippen LogP contribution in [0.2, 0.25) is 0 Å². The SMILES string of the molecule is CCCC(O)c1ccn(Cc2ccc(F)c(Br)c2)c1. The van der Waals surface area contributed by atoms with Crippen molar-refractivity contribution in [2.75, 3.05) is 0 Å². The van der Waals surface area contributed by atoms with Crippen molar-refractivity contribution in [3.05, 3.63) is 58.1 Å². The molecule has 1 heterocycles. The smallest absolute Gasteiger partial charge is 0.137 e. The molecule has 0 aliphatic carbocycles. The van der Waals surface area contributed by atoms with Gasteiger partial charge in [0.05, 0.1) is 10.6 Å². The molecule has 0 aliphatic heterocycles. The third-order valence-electron chi connectivity index (χ3n) is 3.07. The minimum atomic E-state index is -0.397. The van der Waals surface area contributed by atoms with Crippen LogP contribution in [0, 0.1) is 5.82 Å². The molecule has 1 atom stereocenters. The first kappa shape index (κ1) is 14.3. The van der Waals surface area contributed by atoms with Crippen molar-refractivity contribution in [1.82, 2.24) is 4.57 Å². The first-order valence-corrected chi connectivity index (χ1v) is 7.17. The molecule has 0 saturated carbocycles. The van der Waals surface area contributed by atoms with Crippen LogP contribution in [-0.4, -0.2) is 9.67 Å². The molecule has 0 saturated heterocycles. The van der Waals surface area contributed by atoms with Gasteiger partial charge in [0.2, 0.25) is 0 Å². The number of aromatic nitrogens is 1. The topological polar surface area (TPSA) is 25.2 Å². The van der Waals surface area contributed by atoms with Gasteiger partial charge in [-0.05, 0) is 51.7 Å². The average molecular weight is 326 g/mol. The average Bonchev–Trinajstić information content (AvgIpc) is 2.83. The van der Waals surface area contributed by atoms with Crippen LogP contribution in [0.5, 0.6) is 0 Å². The van der Waals surface area contributed by atoms with E-state index >= 15 is 0 Å². The summed E-state index contributed by atoms with van der Waals surface area (Å²) in [6.07, 6.45) is 5.21. The van der Waals surface area contributed by atoms with Gasteiger partial charge in [-0.25, -0.2) is 4.39 Å². The molecule has 4 heteroatoms. The largest absolute Gasteiger partial charge is 0.388 e. The van der Waals surface area contributed by atoms with Crippen LogP contribution in [-0.2, 0) is 6.54 Å². The van der Waals surface area contributed by atoms with E-state index in [9.17, 15) is 9.50 Å². The molecule has 2 aromatic rings. The summed E-state index contributed by atoms with van der Waals surface area (Å²) in [6.45, 7) is 2.72. The van der Waals surface area contributed by atoms with E-state index < -0.39 is 6.10 Å². The van der Waals surface area contributed by atoms with Gasteiger partial charge in [-0.15, -0.1) is 0 Å². The molecule has 102 valence electrons. The van der Waals surface area contributed by atoms with Crippen LogP contribution in [0.4, 0.5) is 4.39 Å². The predicted molar refractivity (Wildman–Crippen MR) is 77.5 cm³/mol. The van der Waals surface area contributed by atoms with Gasteiger partial charge in [0.25, 0.3) is 0 Å². The van der Waals surface area contributed by atoms with Gasteiger partial charge in [-0.2, -0.15) is 0 Å². The van der Waals surface area contributed by atoms with Crippen LogP contribution in [0.25, 0.3) is 0 Å². The summed E-state index contributed by atoms with van der Waals surface area (Å²) in [7, 11) is 0. The number of hydrogen-bond acceptors (Lipinski definition) is 1. The van der Waals surface area contributed by atoms with E-state index in [0.717, 1.165) is 24.0 Å². The Hall–Kier alpha value is -1.13. The summed E-state index contributed by atoms with van der Waals surface area (Å²) in [4.78, 5) is 0. The first-order valence-electron chi connectivity index (χ1n) is 6.38. The molecule has 1 aromatic heterocycles. The number of benzene rings is 1. The highest BCUT2D eigenvalue weighted by atomic mass is 79.9. The number of aliphatic hydroxyl groups excluding tert-OH is 1. The lowest BCUT2D eigenvalue weighted by atomic mass is 10.1. The number of aliphatic hydroxyl groups is 1. The lowest BCUT2D eigenvalue weighted by Gasteiger charge is -2.07. The highest BCUT2D eigenvalue weighted by Crippen LogP contribution is 2.20. The second-order valence-corrected chi connectivity index (χ2v) is 5.52. The van der Waals surface area contributed by atoms with E-state index in [1.54, 1.807) is 12.1 Å². The Morgan fingerprint density at radius 1 is 1.37 bits per heavy atom. The third-order valence-corrected chi connectivity index (χ3v) is 3.68. The quantitative estimate of drug-likeness (QED) is 0.872. The molecule has 0 fully saturated rings. The number of hydrogen-bond donors (Lipinski definition) is 1. The number of nitrogens with zero attached hydrogens (tertiary/aromatic N) is 1. The van der Waals surface area contributed by atoms with Crippen LogP contribution in [0.3, 0.4) is 0 Å². The van der Waals surface area contributed by atoms with Crippen molar-refractivity contribution < 1.29 is 9.50 Å². The zero-order valence-corrected chi connectivity index (χ0v) is 12.4. The summed E-state index contributed by atoms with van der Waals surface area (Å²) >= 11 is 3.18. The summed E-state index contributed by atoms with van der Waals surface area (Å²) in [5.74, 6) is -0.254. The Morgan fingerprint density at radius 3 is 2.84 bits per heavy atom. The van der Waals surface area contributed by atoms with Gasteiger partial charge in [0.1, 0.15) is 5.82 Å². The fourth-order valence-corrected chi connectivity index (χ4v) is 2.47.